The highest BCUT2D eigenvalue weighted by atomic mass is 16.4. The Labute approximate surface area is 118 Å². The molecule has 0 spiro atoms. The molecule has 3 atom stereocenters. The molecule has 0 radical (unpaired) electrons. The quantitative estimate of drug-likeness (QED) is 0.200. The summed E-state index contributed by atoms with van der Waals surface area (Å²) in [5.41, 5.74) is 10.3. The minimum Gasteiger partial charge on any atom is -0.479 e. The molecule has 0 saturated carbocycles. The second-order valence-electron chi connectivity index (χ2n) is 4.47. The van der Waals surface area contributed by atoms with E-state index in [2.05, 4.69) is 0 Å². The van der Waals surface area contributed by atoms with Gasteiger partial charge in [-0.2, -0.15) is 0 Å². The lowest BCUT2D eigenvalue weighted by atomic mass is 9.85. The molecule has 1 unspecified atom stereocenters. The summed E-state index contributed by atoms with van der Waals surface area (Å²) in [5.74, 6) is -6.37. The van der Waals surface area contributed by atoms with Crippen LogP contribution in [0.15, 0.2) is 0 Å². The van der Waals surface area contributed by atoms with Gasteiger partial charge in [-0.1, -0.05) is 0 Å². The van der Waals surface area contributed by atoms with Crippen molar-refractivity contribution in [3.05, 3.63) is 0 Å². The highest BCUT2D eigenvalue weighted by Gasteiger charge is 2.47. The summed E-state index contributed by atoms with van der Waals surface area (Å²) in [4.78, 5) is 45.1. The standard InChI is InChI=1S/C10H17N3O8/c11-4(6(17)10(13,3-15)8(20)21)1-5(16)9(12,2-14)7(18)19/h4,14-15H,1-3,11-13H2,(H,18,19)(H,20,21)/t4?,9-,10-/m1/s1. The van der Waals surface area contributed by atoms with Crippen molar-refractivity contribution in [1.29, 1.82) is 0 Å². The number of rotatable bonds is 9. The Bertz CT molecular complexity index is 467. The van der Waals surface area contributed by atoms with Crippen molar-refractivity contribution < 1.29 is 39.6 Å². The normalized spacial score (nSPS) is 18.1. The van der Waals surface area contributed by atoms with Gasteiger partial charge in [-0.25, -0.2) is 9.59 Å². The molecule has 0 bridgehead atoms. The number of carboxylic acids is 2. The molecule has 0 aliphatic heterocycles. The number of aliphatic hydroxyl groups excluding tert-OH is 2. The van der Waals surface area contributed by atoms with Gasteiger partial charge >= 0.3 is 11.9 Å². The lowest BCUT2D eigenvalue weighted by Crippen LogP contribution is -2.64. The maximum Gasteiger partial charge on any atom is 0.333 e. The van der Waals surface area contributed by atoms with Crippen molar-refractivity contribution in [2.24, 2.45) is 17.2 Å². The molecule has 0 heterocycles. The zero-order valence-electron chi connectivity index (χ0n) is 10.9. The van der Waals surface area contributed by atoms with Gasteiger partial charge in [0, 0.05) is 6.42 Å². The van der Waals surface area contributed by atoms with E-state index in [1.807, 2.05) is 0 Å². The average Bonchev–Trinajstić information content (AvgIpc) is 2.43. The van der Waals surface area contributed by atoms with E-state index in [-0.39, 0.29) is 0 Å². The number of aliphatic hydroxyl groups is 2. The first-order valence-corrected chi connectivity index (χ1v) is 5.56. The summed E-state index contributed by atoms with van der Waals surface area (Å²) in [5, 5.41) is 35.3. The number of aliphatic carboxylic acids is 2. The van der Waals surface area contributed by atoms with Crippen LogP contribution in [-0.2, 0) is 19.2 Å². The van der Waals surface area contributed by atoms with Gasteiger partial charge in [0.25, 0.3) is 0 Å². The molecule has 0 aromatic rings. The Balaban J connectivity index is 5.19. The number of carbonyl (C=O) groups excluding carboxylic acids is 2. The zero-order chi connectivity index (χ0) is 17.0. The number of ketones is 2. The van der Waals surface area contributed by atoms with E-state index < -0.39 is 60.3 Å². The average molecular weight is 307 g/mol. The highest BCUT2D eigenvalue weighted by Crippen LogP contribution is 2.12. The van der Waals surface area contributed by atoms with Crippen LogP contribution in [0.4, 0.5) is 0 Å². The number of carbonyl (C=O) groups is 4. The summed E-state index contributed by atoms with van der Waals surface area (Å²) in [6.45, 7) is -2.51. The van der Waals surface area contributed by atoms with Crippen molar-refractivity contribution in [3.8, 4) is 0 Å². The van der Waals surface area contributed by atoms with Gasteiger partial charge in [0.15, 0.2) is 22.6 Å². The van der Waals surface area contributed by atoms with Gasteiger partial charge in [0.1, 0.15) is 0 Å². The molecule has 21 heavy (non-hydrogen) atoms. The Hall–Kier alpha value is -1.92. The third kappa shape index (κ3) is 3.59. The molecule has 11 nitrogen and oxygen atoms in total. The summed E-state index contributed by atoms with van der Waals surface area (Å²) < 4.78 is 0. The SMILES string of the molecule is NC(CC(=O)[C@](N)(CO)C(=O)O)C(=O)[C@](N)(CO)C(=O)O. The van der Waals surface area contributed by atoms with Gasteiger partial charge in [-0.15, -0.1) is 0 Å². The summed E-state index contributed by atoms with van der Waals surface area (Å²) in [6.07, 6.45) is -0.964. The van der Waals surface area contributed by atoms with Gasteiger partial charge < -0.3 is 37.6 Å². The largest absolute Gasteiger partial charge is 0.479 e. The Kier molecular flexibility index (Phi) is 6.08. The molecule has 0 amide bonds. The van der Waals surface area contributed by atoms with E-state index >= 15 is 0 Å². The number of Topliss-reactive ketones (excluding diaryl/α,β-unsaturated/α-hetero) is 2. The minimum absolute atomic E-state index is 0.964. The van der Waals surface area contributed by atoms with E-state index in [0.29, 0.717) is 0 Å². The number of nitrogens with two attached hydrogens (primary N) is 3. The minimum atomic E-state index is -2.72. The fourth-order valence-corrected chi connectivity index (χ4v) is 1.33. The molecule has 0 aromatic carbocycles. The van der Waals surface area contributed by atoms with Crippen molar-refractivity contribution in [2.45, 2.75) is 23.5 Å². The molecular weight excluding hydrogens is 290 g/mol. The van der Waals surface area contributed by atoms with E-state index in [4.69, 9.17) is 37.6 Å². The molecule has 11 heteroatoms. The third-order valence-corrected chi connectivity index (χ3v) is 2.94. The van der Waals surface area contributed by atoms with Crippen LogP contribution in [0.3, 0.4) is 0 Å². The van der Waals surface area contributed by atoms with Gasteiger partial charge in [0.2, 0.25) is 0 Å². The Morgan fingerprint density at radius 2 is 1.29 bits per heavy atom. The van der Waals surface area contributed by atoms with E-state index in [9.17, 15) is 19.2 Å². The van der Waals surface area contributed by atoms with Crippen LogP contribution < -0.4 is 17.2 Å². The monoisotopic (exact) mass is 307 g/mol. The molecule has 0 aliphatic carbocycles. The van der Waals surface area contributed by atoms with Crippen LogP contribution in [0.2, 0.25) is 0 Å². The summed E-state index contributed by atoms with van der Waals surface area (Å²) in [7, 11) is 0. The fourth-order valence-electron chi connectivity index (χ4n) is 1.33. The number of carboxylic acid groups (broad SMARTS) is 2. The van der Waals surface area contributed by atoms with Crippen LogP contribution >= 0.6 is 0 Å². The first kappa shape index (κ1) is 19.1. The smallest absolute Gasteiger partial charge is 0.333 e. The second-order valence-corrected chi connectivity index (χ2v) is 4.47. The van der Waals surface area contributed by atoms with Gasteiger partial charge in [-0.3, -0.25) is 9.59 Å². The topological polar surface area (TPSA) is 227 Å². The number of hydrogen-bond donors (Lipinski definition) is 7. The fraction of sp³-hybridized carbons (Fsp3) is 0.600. The zero-order valence-corrected chi connectivity index (χ0v) is 10.9. The third-order valence-electron chi connectivity index (χ3n) is 2.94. The van der Waals surface area contributed by atoms with E-state index in [1.165, 1.54) is 0 Å². The summed E-state index contributed by atoms with van der Waals surface area (Å²) in [6, 6.07) is -1.81. The Morgan fingerprint density at radius 1 is 0.905 bits per heavy atom. The highest BCUT2D eigenvalue weighted by molar-refractivity contribution is 6.13. The van der Waals surface area contributed by atoms with E-state index in [1.54, 1.807) is 0 Å². The van der Waals surface area contributed by atoms with Crippen molar-refractivity contribution >= 4 is 23.5 Å². The lowest BCUT2D eigenvalue weighted by molar-refractivity contribution is -0.154. The molecular formula is C10H17N3O8. The summed E-state index contributed by atoms with van der Waals surface area (Å²) >= 11 is 0. The van der Waals surface area contributed by atoms with Gasteiger partial charge in [0.05, 0.1) is 19.3 Å². The first-order chi connectivity index (χ1) is 9.47. The van der Waals surface area contributed by atoms with Crippen LogP contribution in [0.25, 0.3) is 0 Å². The first-order valence-electron chi connectivity index (χ1n) is 5.56. The second kappa shape index (κ2) is 6.69. The molecule has 0 fully saturated rings. The lowest BCUT2D eigenvalue weighted by Gasteiger charge is -2.26. The van der Waals surface area contributed by atoms with E-state index in [0.717, 1.165) is 0 Å². The van der Waals surface area contributed by atoms with Crippen LogP contribution in [-0.4, -0.2) is 74.3 Å². The molecule has 0 aromatic heterocycles. The predicted octanol–water partition coefficient (Wildman–Crippen LogP) is -4.61. The molecule has 0 aliphatic rings. The van der Waals surface area contributed by atoms with Gasteiger partial charge in [-0.05, 0) is 0 Å². The van der Waals surface area contributed by atoms with Crippen molar-refractivity contribution in [1.82, 2.24) is 0 Å². The van der Waals surface area contributed by atoms with Crippen molar-refractivity contribution in [3.63, 3.8) is 0 Å². The molecule has 120 valence electrons. The Morgan fingerprint density at radius 3 is 1.57 bits per heavy atom. The maximum atomic E-state index is 11.8. The molecule has 0 rings (SSSR count). The molecule has 0 saturated heterocycles. The van der Waals surface area contributed by atoms with Crippen LogP contribution in [0.5, 0.6) is 0 Å². The maximum absolute atomic E-state index is 11.8. The number of hydrogen-bond acceptors (Lipinski definition) is 9. The van der Waals surface area contributed by atoms with Crippen molar-refractivity contribution in [2.75, 3.05) is 13.2 Å². The van der Waals surface area contributed by atoms with Crippen LogP contribution in [0.1, 0.15) is 6.42 Å². The molecule has 10 N–H and O–H groups in total. The van der Waals surface area contributed by atoms with Crippen LogP contribution in [0, 0.1) is 0 Å². The predicted molar refractivity (Wildman–Crippen MR) is 65.9 cm³/mol.